The second-order valence-corrected chi connectivity index (χ2v) is 8.79. The molecule has 0 atom stereocenters. The molecule has 3 rings (SSSR count). The fourth-order valence-corrected chi connectivity index (χ4v) is 4.73. The van der Waals surface area contributed by atoms with Crippen LogP contribution in [0, 0.1) is 17.0 Å². The van der Waals surface area contributed by atoms with Crippen molar-refractivity contribution in [3.63, 3.8) is 0 Å². The highest BCUT2D eigenvalue weighted by atomic mass is 32.2. The number of hydrogen-bond donors (Lipinski definition) is 0. The van der Waals surface area contributed by atoms with Gasteiger partial charge in [0.2, 0.25) is 10.0 Å². The van der Waals surface area contributed by atoms with E-state index in [-0.39, 0.29) is 30.3 Å². The molecule has 0 aliphatic rings. The summed E-state index contributed by atoms with van der Waals surface area (Å²) in [5.41, 5.74) is 0.763. The molecule has 0 aliphatic heterocycles. The van der Waals surface area contributed by atoms with Crippen molar-refractivity contribution in [3.8, 4) is 5.75 Å². The SMILES string of the molecule is CCN(CC)S(=O)(=O)c1ccc(OCc2cc(=O)oc3cc(C)ccc23)c([N+](=O)[O-])c1. The molecule has 164 valence electrons. The molecule has 3 aromatic rings. The second kappa shape index (κ2) is 8.86. The Morgan fingerprint density at radius 1 is 1.10 bits per heavy atom. The molecule has 0 unspecified atom stereocenters. The third kappa shape index (κ3) is 4.59. The van der Waals surface area contributed by atoms with Crippen LogP contribution in [-0.4, -0.2) is 30.7 Å². The molecule has 1 heterocycles. The zero-order valence-corrected chi connectivity index (χ0v) is 18.1. The first-order valence-electron chi connectivity index (χ1n) is 9.62. The Balaban J connectivity index is 1.97. The molecule has 0 N–H and O–H groups in total. The van der Waals surface area contributed by atoms with Gasteiger partial charge in [-0.25, -0.2) is 13.2 Å². The molecule has 0 saturated heterocycles. The molecule has 0 bridgehead atoms. The maximum atomic E-state index is 12.7. The minimum Gasteiger partial charge on any atom is -0.482 e. The average Bonchev–Trinajstić information content (AvgIpc) is 2.72. The normalized spacial score (nSPS) is 11.7. The number of hydrogen-bond acceptors (Lipinski definition) is 7. The third-order valence-corrected chi connectivity index (χ3v) is 6.89. The predicted octanol–water partition coefficient (Wildman–Crippen LogP) is 3.62. The third-order valence-electron chi connectivity index (χ3n) is 4.84. The van der Waals surface area contributed by atoms with Crippen LogP contribution in [0.3, 0.4) is 0 Å². The van der Waals surface area contributed by atoms with Crippen molar-refractivity contribution in [2.24, 2.45) is 0 Å². The molecular weight excluding hydrogens is 424 g/mol. The van der Waals surface area contributed by atoms with Crippen LogP contribution in [0.15, 0.2) is 56.6 Å². The van der Waals surface area contributed by atoms with Gasteiger partial charge in [0.1, 0.15) is 12.2 Å². The van der Waals surface area contributed by atoms with Crippen LogP contribution in [0.25, 0.3) is 11.0 Å². The predicted molar refractivity (Wildman–Crippen MR) is 115 cm³/mol. The second-order valence-electron chi connectivity index (χ2n) is 6.85. The number of sulfonamides is 1. The summed E-state index contributed by atoms with van der Waals surface area (Å²) in [4.78, 5) is 22.6. The van der Waals surface area contributed by atoms with Crippen LogP contribution >= 0.6 is 0 Å². The van der Waals surface area contributed by atoms with Crippen LogP contribution in [-0.2, 0) is 16.6 Å². The molecule has 31 heavy (non-hydrogen) atoms. The summed E-state index contributed by atoms with van der Waals surface area (Å²) in [6.07, 6.45) is 0. The van der Waals surface area contributed by atoms with Gasteiger partial charge in [-0.2, -0.15) is 4.31 Å². The van der Waals surface area contributed by atoms with Gasteiger partial charge in [0, 0.05) is 36.2 Å². The topological polar surface area (TPSA) is 120 Å². The van der Waals surface area contributed by atoms with E-state index >= 15 is 0 Å². The lowest BCUT2D eigenvalue weighted by atomic mass is 10.1. The van der Waals surface area contributed by atoms with Crippen LogP contribution in [0.1, 0.15) is 25.0 Å². The first kappa shape index (κ1) is 22.4. The number of nitro benzene ring substituents is 1. The summed E-state index contributed by atoms with van der Waals surface area (Å²) in [5.74, 6) is -0.100. The zero-order chi connectivity index (χ0) is 22.8. The maximum Gasteiger partial charge on any atom is 0.336 e. The monoisotopic (exact) mass is 446 g/mol. The summed E-state index contributed by atoms with van der Waals surface area (Å²) in [6, 6.07) is 10.1. The van der Waals surface area contributed by atoms with Gasteiger partial charge in [-0.05, 0) is 30.7 Å². The van der Waals surface area contributed by atoms with Crippen molar-refractivity contribution in [2.45, 2.75) is 32.3 Å². The van der Waals surface area contributed by atoms with Crippen LogP contribution < -0.4 is 10.4 Å². The van der Waals surface area contributed by atoms with Crippen molar-refractivity contribution >= 4 is 26.7 Å². The Hall–Kier alpha value is -3.24. The molecule has 2 aromatic carbocycles. The van der Waals surface area contributed by atoms with Gasteiger partial charge in [0.15, 0.2) is 5.75 Å². The van der Waals surface area contributed by atoms with Gasteiger partial charge in [-0.15, -0.1) is 0 Å². The summed E-state index contributed by atoms with van der Waals surface area (Å²) in [6.45, 7) is 5.60. The molecule has 9 nitrogen and oxygen atoms in total. The van der Waals surface area contributed by atoms with Crippen molar-refractivity contribution in [2.75, 3.05) is 13.1 Å². The first-order chi connectivity index (χ1) is 14.7. The van der Waals surface area contributed by atoms with Gasteiger partial charge in [-0.3, -0.25) is 10.1 Å². The highest BCUT2D eigenvalue weighted by molar-refractivity contribution is 7.89. The summed E-state index contributed by atoms with van der Waals surface area (Å²) < 4.78 is 37.4. The molecule has 0 fully saturated rings. The van der Waals surface area contributed by atoms with Gasteiger partial charge in [0.05, 0.1) is 9.82 Å². The Bertz CT molecular complexity index is 1290. The van der Waals surface area contributed by atoms with Crippen LogP contribution in [0.4, 0.5) is 5.69 Å². The number of benzene rings is 2. The zero-order valence-electron chi connectivity index (χ0n) is 17.3. The Morgan fingerprint density at radius 2 is 1.81 bits per heavy atom. The number of nitro groups is 1. The van der Waals surface area contributed by atoms with E-state index in [0.717, 1.165) is 11.6 Å². The van der Waals surface area contributed by atoms with Crippen LogP contribution in [0.2, 0.25) is 0 Å². The molecule has 0 radical (unpaired) electrons. The van der Waals surface area contributed by atoms with Crippen LogP contribution in [0.5, 0.6) is 5.75 Å². The number of rotatable bonds is 8. The van der Waals surface area contributed by atoms with E-state index in [1.807, 2.05) is 13.0 Å². The lowest BCUT2D eigenvalue weighted by molar-refractivity contribution is -0.386. The first-order valence-corrected chi connectivity index (χ1v) is 11.1. The quantitative estimate of drug-likeness (QED) is 0.294. The molecule has 0 amide bonds. The number of nitrogens with zero attached hydrogens (tertiary/aromatic N) is 2. The van der Waals surface area contributed by atoms with E-state index in [4.69, 9.17) is 9.15 Å². The minimum absolute atomic E-state index is 0.100. The van der Waals surface area contributed by atoms with Crippen molar-refractivity contribution < 1.29 is 22.5 Å². The maximum absolute atomic E-state index is 12.7. The van der Waals surface area contributed by atoms with Crippen molar-refractivity contribution in [1.29, 1.82) is 0 Å². The van der Waals surface area contributed by atoms with E-state index in [1.54, 1.807) is 26.0 Å². The average molecular weight is 446 g/mol. The summed E-state index contributed by atoms with van der Waals surface area (Å²) in [7, 11) is -3.86. The Labute approximate surface area is 179 Å². The minimum atomic E-state index is -3.86. The lowest BCUT2D eigenvalue weighted by Crippen LogP contribution is -2.30. The number of fused-ring (bicyclic) bond motifs is 1. The Morgan fingerprint density at radius 3 is 2.45 bits per heavy atom. The fraction of sp³-hybridized carbons (Fsp3) is 0.286. The fourth-order valence-electron chi connectivity index (χ4n) is 3.25. The number of ether oxygens (including phenoxy) is 1. The van der Waals surface area contributed by atoms with Gasteiger partial charge >= 0.3 is 11.3 Å². The van der Waals surface area contributed by atoms with Crippen molar-refractivity contribution in [3.05, 3.63) is 74.1 Å². The highest BCUT2D eigenvalue weighted by Crippen LogP contribution is 2.32. The standard InChI is InChI=1S/C21H22N2O7S/c1-4-22(5-2)31(27,28)16-7-9-19(18(12-16)23(25)26)29-13-15-11-21(24)30-20-10-14(3)6-8-17(15)20/h6-12H,4-5,13H2,1-3H3. The van der Waals surface area contributed by atoms with E-state index in [1.165, 1.54) is 22.5 Å². The summed E-state index contributed by atoms with van der Waals surface area (Å²) in [5, 5.41) is 12.2. The molecule has 0 aliphatic carbocycles. The van der Waals surface area contributed by atoms with E-state index < -0.39 is 26.3 Å². The number of aryl methyl sites for hydroxylation is 1. The Kier molecular flexibility index (Phi) is 6.42. The van der Waals surface area contributed by atoms with E-state index in [9.17, 15) is 23.3 Å². The molecule has 10 heteroatoms. The van der Waals surface area contributed by atoms with Gasteiger partial charge in [0.25, 0.3) is 0 Å². The van der Waals surface area contributed by atoms with Crippen molar-refractivity contribution in [1.82, 2.24) is 4.31 Å². The van der Waals surface area contributed by atoms with Gasteiger partial charge in [-0.1, -0.05) is 26.0 Å². The lowest BCUT2D eigenvalue weighted by Gasteiger charge is -2.18. The molecule has 0 saturated carbocycles. The highest BCUT2D eigenvalue weighted by Gasteiger charge is 2.26. The summed E-state index contributed by atoms with van der Waals surface area (Å²) >= 11 is 0. The largest absolute Gasteiger partial charge is 0.482 e. The molecule has 1 aromatic heterocycles. The molecular formula is C21H22N2O7S. The van der Waals surface area contributed by atoms with E-state index in [0.29, 0.717) is 16.5 Å². The smallest absolute Gasteiger partial charge is 0.336 e. The van der Waals surface area contributed by atoms with Gasteiger partial charge < -0.3 is 9.15 Å². The molecule has 0 spiro atoms. The van der Waals surface area contributed by atoms with E-state index in [2.05, 4.69) is 0 Å².